The van der Waals surface area contributed by atoms with E-state index < -0.39 is 0 Å². The van der Waals surface area contributed by atoms with Crippen LogP contribution in [0.15, 0.2) is 6.33 Å². The molecule has 2 rings (SSSR count). The van der Waals surface area contributed by atoms with Crippen molar-refractivity contribution in [2.75, 3.05) is 13.2 Å². The maximum absolute atomic E-state index is 5.27. The molecule has 2 N–H and O–H groups in total. The lowest BCUT2D eigenvalue weighted by Gasteiger charge is -2.15. The average Bonchev–Trinajstić information content (AvgIpc) is 2.74. The van der Waals surface area contributed by atoms with Gasteiger partial charge in [0.05, 0.1) is 12.6 Å². The van der Waals surface area contributed by atoms with Crippen molar-refractivity contribution in [1.29, 1.82) is 0 Å². The Morgan fingerprint density at radius 3 is 3.31 bits per heavy atom. The zero-order valence-electron chi connectivity index (χ0n) is 7.66. The molecule has 0 saturated carbocycles. The van der Waals surface area contributed by atoms with Crippen molar-refractivity contribution in [3.05, 3.63) is 12.2 Å². The molecule has 5 heteroatoms. The highest BCUT2D eigenvalue weighted by Gasteiger charge is 2.19. The van der Waals surface area contributed by atoms with E-state index in [1.165, 1.54) is 6.33 Å². The minimum Gasteiger partial charge on any atom is -0.380 e. The summed E-state index contributed by atoms with van der Waals surface area (Å²) in [6, 6.07) is 0.675. The summed E-state index contributed by atoms with van der Waals surface area (Å²) in [7, 11) is 0. The third-order valence-electron chi connectivity index (χ3n) is 2.26. The van der Waals surface area contributed by atoms with E-state index in [0.717, 1.165) is 25.5 Å². The lowest BCUT2D eigenvalue weighted by Crippen LogP contribution is -2.32. The second kappa shape index (κ2) is 3.85. The molecule has 0 radical (unpaired) electrons. The van der Waals surface area contributed by atoms with Crippen LogP contribution in [0, 0.1) is 0 Å². The van der Waals surface area contributed by atoms with Crippen molar-refractivity contribution in [3.63, 3.8) is 0 Å². The van der Waals surface area contributed by atoms with Gasteiger partial charge in [0.1, 0.15) is 12.2 Å². The summed E-state index contributed by atoms with van der Waals surface area (Å²) in [5.41, 5.74) is 0. The van der Waals surface area contributed by atoms with Crippen LogP contribution in [0.1, 0.15) is 25.2 Å². The van der Waals surface area contributed by atoms with E-state index in [-0.39, 0.29) is 6.04 Å². The van der Waals surface area contributed by atoms with Crippen LogP contribution in [0.4, 0.5) is 0 Å². The lowest BCUT2D eigenvalue weighted by atomic mass is 10.2. The number of aromatic amines is 1. The van der Waals surface area contributed by atoms with Gasteiger partial charge in [-0.25, -0.2) is 4.98 Å². The van der Waals surface area contributed by atoms with E-state index in [2.05, 4.69) is 27.4 Å². The van der Waals surface area contributed by atoms with Crippen LogP contribution in [0.25, 0.3) is 0 Å². The molecule has 1 fully saturated rings. The van der Waals surface area contributed by atoms with Crippen LogP contribution in [-0.4, -0.2) is 34.4 Å². The first kappa shape index (κ1) is 8.65. The largest absolute Gasteiger partial charge is 0.380 e. The molecule has 1 aliphatic rings. The normalized spacial score (nSPS) is 24.8. The van der Waals surface area contributed by atoms with Crippen LogP contribution >= 0.6 is 0 Å². The Morgan fingerprint density at radius 2 is 2.69 bits per heavy atom. The molecular weight excluding hydrogens is 168 g/mol. The van der Waals surface area contributed by atoms with Crippen LogP contribution < -0.4 is 5.32 Å². The molecule has 1 aromatic rings. The van der Waals surface area contributed by atoms with E-state index in [1.807, 2.05) is 0 Å². The quantitative estimate of drug-likeness (QED) is 0.703. The molecule has 0 aliphatic carbocycles. The van der Waals surface area contributed by atoms with Gasteiger partial charge >= 0.3 is 0 Å². The van der Waals surface area contributed by atoms with Crippen LogP contribution in [0.3, 0.4) is 0 Å². The van der Waals surface area contributed by atoms with Crippen molar-refractivity contribution in [1.82, 2.24) is 20.5 Å². The topological polar surface area (TPSA) is 62.8 Å². The van der Waals surface area contributed by atoms with E-state index in [0.29, 0.717) is 6.04 Å². The van der Waals surface area contributed by atoms with E-state index >= 15 is 0 Å². The fourth-order valence-corrected chi connectivity index (χ4v) is 1.52. The molecule has 2 atom stereocenters. The van der Waals surface area contributed by atoms with Gasteiger partial charge in [-0.05, 0) is 13.3 Å². The maximum atomic E-state index is 5.27. The van der Waals surface area contributed by atoms with E-state index in [4.69, 9.17) is 4.74 Å². The lowest BCUT2D eigenvalue weighted by molar-refractivity contribution is 0.188. The molecule has 1 aromatic heterocycles. The standard InChI is InChI=1S/C8H14N4O/c1-6(8-9-5-10-12-8)11-7-2-3-13-4-7/h5-7,11H,2-4H2,1H3,(H,9,10,12). The molecule has 0 amide bonds. The number of H-pyrrole nitrogens is 1. The number of ether oxygens (including phenoxy) is 1. The molecule has 2 heterocycles. The van der Waals surface area contributed by atoms with Crippen molar-refractivity contribution in [3.8, 4) is 0 Å². The second-order valence-corrected chi connectivity index (χ2v) is 3.32. The van der Waals surface area contributed by atoms with E-state index in [9.17, 15) is 0 Å². The molecule has 5 nitrogen and oxygen atoms in total. The molecule has 13 heavy (non-hydrogen) atoms. The second-order valence-electron chi connectivity index (χ2n) is 3.32. The summed E-state index contributed by atoms with van der Waals surface area (Å²) >= 11 is 0. The first-order valence-electron chi connectivity index (χ1n) is 4.55. The Labute approximate surface area is 76.9 Å². The van der Waals surface area contributed by atoms with Crippen LogP contribution in [-0.2, 0) is 4.74 Å². The highest BCUT2D eigenvalue weighted by molar-refractivity contribution is 4.90. The minimum absolute atomic E-state index is 0.217. The first-order valence-corrected chi connectivity index (χ1v) is 4.55. The predicted molar refractivity (Wildman–Crippen MR) is 47.2 cm³/mol. The first-order chi connectivity index (χ1) is 6.36. The van der Waals surface area contributed by atoms with Crippen LogP contribution in [0.2, 0.25) is 0 Å². The monoisotopic (exact) mass is 182 g/mol. The fourth-order valence-electron chi connectivity index (χ4n) is 1.52. The summed E-state index contributed by atoms with van der Waals surface area (Å²) in [5.74, 6) is 0.881. The summed E-state index contributed by atoms with van der Waals surface area (Å²) in [4.78, 5) is 4.09. The van der Waals surface area contributed by atoms with Crippen molar-refractivity contribution >= 4 is 0 Å². The maximum Gasteiger partial charge on any atom is 0.141 e. The molecule has 0 bridgehead atoms. The number of hydrogen-bond donors (Lipinski definition) is 2. The number of nitrogens with zero attached hydrogens (tertiary/aromatic N) is 2. The summed E-state index contributed by atoms with van der Waals surface area (Å²) in [6.07, 6.45) is 2.61. The molecule has 2 unspecified atom stereocenters. The number of nitrogens with one attached hydrogen (secondary N) is 2. The zero-order valence-corrected chi connectivity index (χ0v) is 7.66. The average molecular weight is 182 g/mol. The predicted octanol–water partition coefficient (Wildman–Crippen LogP) is 0.244. The Balaban J connectivity index is 1.87. The Bertz CT molecular complexity index is 243. The molecule has 1 saturated heterocycles. The highest BCUT2D eigenvalue weighted by atomic mass is 16.5. The molecule has 1 aliphatic heterocycles. The molecule has 0 aromatic carbocycles. The summed E-state index contributed by atoms with van der Waals surface area (Å²) in [5, 5.41) is 10.1. The molecule has 72 valence electrons. The van der Waals surface area contributed by atoms with Gasteiger partial charge < -0.3 is 10.1 Å². The van der Waals surface area contributed by atoms with Gasteiger partial charge in [-0.15, -0.1) is 0 Å². The van der Waals surface area contributed by atoms with Gasteiger partial charge in [-0.1, -0.05) is 0 Å². The third-order valence-corrected chi connectivity index (χ3v) is 2.26. The fraction of sp³-hybridized carbons (Fsp3) is 0.750. The van der Waals surface area contributed by atoms with Crippen molar-refractivity contribution in [2.45, 2.75) is 25.4 Å². The van der Waals surface area contributed by atoms with Crippen molar-refractivity contribution in [2.24, 2.45) is 0 Å². The Morgan fingerprint density at radius 1 is 1.77 bits per heavy atom. The minimum atomic E-state index is 0.217. The summed E-state index contributed by atoms with van der Waals surface area (Å²) in [6.45, 7) is 3.73. The molecular formula is C8H14N4O. The van der Waals surface area contributed by atoms with Gasteiger partial charge in [0.25, 0.3) is 0 Å². The van der Waals surface area contributed by atoms with Gasteiger partial charge in [-0.2, -0.15) is 5.10 Å². The number of rotatable bonds is 3. The van der Waals surface area contributed by atoms with Gasteiger partial charge in [0.2, 0.25) is 0 Å². The van der Waals surface area contributed by atoms with Gasteiger partial charge in [0.15, 0.2) is 0 Å². The number of aromatic nitrogens is 3. The third kappa shape index (κ3) is 2.05. The van der Waals surface area contributed by atoms with E-state index in [1.54, 1.807) is 0 Å². The Kier molecular flexibility index (Phi) is 2.56. The van der Waals surface area contributed by atoms with Gasteiger partial charge in [0, 0.05) is 12.6 Å². The smallest absolute Gasteiger partial charge is 0.141 e. The van der Waals surface area contributed by atoms with Crippen molar-refractivity contribution < 1.29 is 4.74 Å². The van der Waals surface area contributed by atoms with Crippen LogP contribution in [0.5, 0.6) is 0 Å². The Hall–Kier alpha value is -0.940. The van der Waals surface area contributed by atoms with Gasteiger partial charge in [-0.3, -0.25) is 5.10 Å². The SMILES string of the molecule is CC(NC1CCOC1)c1ncn[nH]1. The zero-order chi connectivity index (χ0) is 9.10. The highest BCUT2D eigenvalue weighted by Crippen LogP contribution is 2.10. The number of hydrogen-bond acceptors (Lipinski definition) is 4. The molecule has 0 spiro atoms. The summed E-state index contributed by atoms with van der Waals surface area (Å²) < 4.78 is 5.27.